The molecule has 0 fully saturated rings. The highest BCUT2D eigenvalue weighted by molar-refractivity contribution is 9.10. The van der Waals surface area contributed by atoms with Crippen LogP contribution in [0.3, 0.4) is 0 Å². The Hall–Kier alpha value is -0.460. The molecule has 0 amide bonds. The quantitative estimate of drug-likeness (QED) is 0.774. The summed E-state index contributed by atoms with van der Waals surface area (Å²) in [6.07, 6.45) is 4.17. The molecule has 0 unspecified atom stereocenters. The molecular formula is C7H8BrNO3S. The van der Waals surface area contributed by atoms with Gasteiger partial charge in [-0.1, -0.05) is 15.9 Å². The standard InChI is InChI=1S/C7H8BrNO3S/c1-13(10,11)12-5-6-4-9-3-2-7(6)8/h2-4H,5H2,1H3. The van der Waals surface area contributed by atoms with Crippen LogP contribution in [0.2, 0.25) is 0 Å². The van der Waals surface area contributed by atoms with Crippen molar-refractivity contribution in [3.8, 4) is 0 Å². The molecule has 0 aliphatic carbocycles. The average Bonchev–Trinajstić information content (AvgIpc) is 2.01. The van der Waals surface area contributed by atoms with Crippen LogP contribution in [-0.4, -0.2) is 19.7 Å². The second kappa shape index (κ2) is 4.17. The third-order valence-corrected chi connectivity index (χ3v) is 2.59. The Bertz CT molecular complexity index is 390. The number of hydrogen-bond donors (Lipinski definition) is 0. The smallest absolute Gasteiger partial charge is 0.264 e. The molecule has 6 heteroatoms. The molecule has 1 aromatic rings. The van der Waals surface area contributed by atoms with Crippen molar-refractivity contribution in [3.05, 3.63) is 28.5 Å². The van der Waals surface area contributed by atoms with Crippen LogP contribution in [-0.2, 0) is 20.9 Å². The summed E-state index contributed by atoms with van der Waals surface area (Å²) in [5, 5.41) is 0. The van der Waals surface area contributed by atoms with E-state index in [4.69, 9.17) is 0 Å². The van der Waals surface area contributed by atoms with Crippen LogP contribution in [0.25, 0.3) is 0 Å². The van der Waals surface area contributed by atoms with Crippen LogP contribution in [0.5, 0.6) is 0 Å². The molecule has 1 heterocycles. The van der Waals surface area contributed by atoms with Crippen molar-refractivity contribution >= 4 is 26.0 Å². The lowest BCUT2D eigenvalue weighted by molar-refractivity contribution is 0.310. The van der Waals surface area contributed by atoms with E-state index in [0.717, 1.165) is 10.7 Å². The number of halogens is 1. The van der Waals surface area contributed by atoms with Crippen molar-refractivity contribution in [2.24, 2.45) is 0 Å². The molecule has 0 aliphatic heterocycles. The zero-order valence-corrected chi connectivity index (χ0v) is 9.30. The zero-order chi connectivity index (χ0) is 9.90. The summed E-state index contributed by atoms with van der Waals surface area (Å²) >= 11 is 3.25. The second-order valence-electron chi connectivity index (χ2n) is 2.43. The Kier molecular flexibility index (Phi) is 3.40. The maximum absolute atomic E-state index is 10.7. The van der Waals surface area contributed by atoms with Crippen molar-refractivity contribution < 1.29 is 12.6 Å². The first-order chi connectivity index (χ1) is 5.99. The molecule has 72 valence electrons. The van der Waals surface area contributed by atoms with E-state index >= 15 is 0 Å². The molecular weight excluding hydrogens is 258 g/mol. The van der Waals surface area contributed by atoms with Gasteiger partial charge in [-0.2, -0.15) is 8.42 Å². The highest BCUT2D eigenvalue weighted by atomic mass is 79.9. The summed E-state index contributed by atoms with van der Waals surface area (Å²) in [6, 6.07) is 1.72. The number of aromatic nitrogens is 1. The Labute approximate surface area is 85.2 Å². The summed E-state index contributed by atoms with van der Waals surface area (Å²) in [5.41, 5.74) is 0.702. The lowest BCUT2D eigenvalue weighted by Gasteiger charge is -2.02. The molecule has 0 N–H and O–H groups in total. The van der Waals surface area contributed by atoms with Gasteiger partial charge in [0.15, 0.2) is 0 Å². The first-order valence-corrected chi connectivity index (χ1v) is 6.03. The Morgan fingerprint density at radius 2 is 2.31 bits per heavy atom. The lowest BCUT2D eigenvalue weighted by Crippen LogP contribution is -2.03. The fourth-order valence-corrected chi connectivity index (χ4v) is 1.36. The molecule has 0 saturated heterocycles. The van der Waals surface area contributed by atoms with E-state index in [0.29, 0.717) is 5.56 Å². The van der Waals surface area contributed by atoms with Crippen LogP contribution >= 0.6 is 15.9 Å². The molecule has 0 radical (unpaired) electrons. The van der Waals surface area contributed by atoms with E-state index < -0.39 is 10.1 Å². The van der Waals surface area contributed by atoms with Gasteiger partial charge in [0.05, 0.1) is 12.9 Å². The summed E-state index contributed by atoms with van der Waals surface area (Å²) in [4.78, 5) is 3.84. The van der Waals surface area contributed by atoms with Gasteiger partial charge in [-0.05, 0) is 6.07 Å². The predicted octanol–water partition coefficient (Wildman–Crippen LogP) is 1.32. The fourth-order valence-electron chi connectivity index (χ4n) is 0.687. The minimum Gasteiger partial charge on any atom is -0.265 e. The van der Waals surface area contributed by atoms with E-state index in [9.17, 15) is 8.42 Å². The van der Waals surface area contributed by atoms with E-state index in [1.165, 1.54) is 0 Å². The molecule has 0 bridgehead atoms. The maximum Gasteiger partial charge on any atom is 0.264 e. The van der Waals surface area contributed by atoms with Crippen LogP contribution in [0, 0.1) is 0 Å². The second-order valence-corrected chi connectivity index (χ2v) is 4.93. The number of pyridine rings is 1. The summed E-state index contributed by atoms with van der Waals surface area (Å²) < 4.78 is 26.7. The van der Waals surface area contributed by atoms with E-state index in [2.05, 4.69) is 25.1 Å². The van der Waals surface area contributed by atoms with Crippen molar-refractivity contribution in [1.82, 2.24) is 4.98 Å². The van der Waals surface area contributed by atoms with Crippen molar-refractivity contribution in [1.29, 1.82) is 0 Å². The molecule has 1 aromatic heterocycles. The molecule has 0 spiro atoms. The van der Waals surface area contributed by atoms with E-state index in [1.54, 1.807) is 18.5 Å². The zero-order valence-electron chi connectivity index (χ0n) is 6.90. The van der Waals surface area contributed by atoms with Gasteiger partial charge in [-0.25, -0.2) is 0 Å². The summed E-state index contributed by atoms with van der Waals surface area (Å²) in [5.74, 6) is 0. The summed E-state index contributed by atoms with van der Waals surface area (Å²) in [7, 11) is -3.39. The molecule has 0 atom stereocenters. The predicted molar refractivity (Wildman–Crippen MR) is 51.6 cm³/mol. The van der Waals surface area contributed by atoms with E-state index in [-0.39, 0.29) is 6.61 Å². The van der Waals surface area contributed by atoms with Crippen molar-refractivity contribution in [2.75, 3.05) is 6.26 Å². The molecule has 1 rings (SSSR count). The van der Waals surface area contributed by atoms with E-state index in [1.807, 2.05) is 0 Å². The van der Waals surface area contributed by atoms with Gasteiger partial charge in [0.25, 0.3) is 10.1 Å². The number of nitrogens with zero attached hydrogens (tertiary/aromatic N) is 1. The minimum atomic E-state index is -3.39. The van der Waals surface area contributed by atoms with Gasteiger partial charge in [0.1, 0.15) is 0 Å². The lowest BCUT2D eigenvalue weighted by atomic mass is 10.3. The molecule has 0 aromatic carbocycles. The monoisotopic (exact) mass is 265 g/mol. The van der Waals surface area contributed by atoms with Gasteiger partial charge >= 0.3 is 0 Å². The van der Waals surface area contributed by atoms with Gasteiger partial charge in [-0.15, -0.1) is 0 Å². The SMILES string of the molecule is CS(=O)(=O)OCc1cnccc1Br. The summed E-state index contributed by atoms with van der Waals surface area (Å²) in [6.45, 7) is 0.00720. The maximum atomic E-state index is 10.7. The topological polar surface area (TPSA) is 56.3 Å². The van der Waals surface area contributed by atoms with Gasteiger partial charge in [-0.3, -0.25) is 9.17 Å². The number of hydrogen-bond acceptors (Lipinski definition) is 4. The van der Waals surface area contributed by atoms with Gasteiger partial charge < -0.3 is 0 Å². The van der Waals surface area contributed by atoms with Crippen molar-refractivity contribution in [3.63, 3.8) is 0 Å². The van der Waals surface area contributed by atoms with Crippen molar-refractivity contribution in [2.45, 2.75) is 6.61 Å². The molecule has 0 aliphatic rings. The van der Waals surface area contributed by atoms with Crippen LogP contribution in [0.4, 0.5) is 0 Å². The van der Waals surface area contributed by atoms with Crippen LogP contribution < -0.4 is 0 Å². The fraction of sp³-hybridized carbons (Fsp3) is 0.286. The third kappa shape index (κ3) is 3.84. The Morgan fingerprint density at radius 1 is 1.62 bits per heavy atom. The third-order valence-electron chi connectivity index (χ3n) is 1.27. The highest BCUT2D eigenvalue weighted by Gasteiger charge is 2.04. The average molecular weight is 266 g/mol. The molecule has 0 saturated carbocycles. The largest absolute Gasteiger partial charge is 0.265 e. The molecule has 13 heavy (non-hydrogen) atoms. The Balaban J connectivity index is 2.71. The minimum absolute atomic E-state index is 0.00720. The normalized spacial score (nSPS) is 11.5. The van der Waals surface area contributed by atoms with Gasteiger partial charge in [0.2, 0.25) is 0 Å². The van der Waals surface area contributed by atoms with Gasteiger partial charge in [0, 0.05) is 22.4 Å². The Morgan fingerprint density at radius 3 is 2.85 bits per heavy atom. The van der Waals surface area contributed by atoms with Crippen LogP contribution in [0.15, 0.2) is 22.9 Å². The first-order valence-electron chi connectivity index (χ1n) is 3.42. The highest BCUT2D eigenvalue weighted by Crippen LogP contribution is 2.15. The van der Waals surface area contributed by atoms with Crippen LogP contribution in [0.1, 0.15) is 5.56 Å². The molecule has 4 nitrogen and oxygen atoms in total. The number of rotatable bonds is 3. The first kappa shape index (κ1) is 10.6.